The molecule has 0 radical (unpaired) electrons. The zero-order chi connectivity index (χ0) is 25.8. The number of benzene rings is 2. The number of hydrogen-bond donors (Lipinski definition) is 3. The standard InChI is InChI=1S/C23H29N5O6S/c1-27(2)20(29)15-24-35(32,33)26-22(31)25-23(14-19(23)16-8-6-5-7-9-16)21(30)28(3)17-10-12-18(34-4)13-11-17/h5-13,19,24H,14-15H2,1-4H3,(H2,25,26,31)/t19-,23-/m1/s1. The second-order valence-corrected chi connectivity index (χ2v) is 9.87. The van der Waals surface area contributed by atoms with Crippen molar-refractivity contribution in [2.45, 2.75) is 17.9 Å². The molecule has 2 atom stereocenters. The number of likely N-dealkylation sites (N-methyl/N-ethyl adjacent to an activating group) is 2. The predicted octanol–water partition coefficient (Wildman–Crippen LogP) is 0.806. The van der Waals surface area contributed by atoms with E-state index in [0.29, 0.717) is 11.4 Å². The van der Waals surface area contributed by atoms with Gasteiger partial charge in [-0.15, -0.1) is 0 Å². The van der Waals surface area contributed by atoms with Gasteiger partial charge in [-0.05, 0) is 36.2 Å². The largest absolute Gasteiger partial charge is 0.497 e. The summed E-state index contributed by atoms with van der Waals surface area (Å²) in [6.45, 7) is -0.521. The maximum absolute atomic E-state index is 13.6. The summed E-state index contributed by atoms with van der Waals surface area (Å²) in [5, 5.41) is 2.58. The molecule has 0 heterocycles. The Bertz CT molecular complexity index is 1190. The van der Waals surface area contributed by atoms with Crippen molar-refractivity contribution >= 4 is 33.7 Å². The van der Waals surface area contributed by atoms with Crippen LogP contribution >= 0.6 is 0 Å². The van der Waals surface area contributed by atoms with Gasteiger partial charge < -0.3 is 19.9 Å². The van der Waals surface area contributed by atoms with Gasteiger partial charge in [0.25, 0.3) is 5.91 Å². The number of nitrogens with zero attached hydrogens (tertiary/aromatic N) is 2. The second-order valence-electron chi connectivity index (χ2n) is 8.37. The van der Waals surface area contributed by atoms with E-state index >= 15 is 0 Å². The summed E-state index contributed by atoms with van der Waals surface area (Å²) in [7, 11) is 1.73. The molecule has 1 saturated carbocycles. The monoisotopic (exact) mass is 503 g/mol. The number of carbonyl (C=O) groups excluding carboxylic acids is 3. The minimum Gasteiger partial charge on any atom is -0.497 e. The third kappa shape index (κ3) is 6.08. The summed E-state index contributed by atoms with van der Waals surface area (Å²) in [4.78, 5) is 40.6. The maximum Gasteiger partial charge on any atom is 0.330 e. The number of urea groups is 1. The van der Waals surface area contributed by atoms with Crippen molar-refractivity contribution in [3.63, 3.8) is 0 Å². The lowest BCUT2D eigenvalue weighted by atomic mass is 10.0. The number of hydrogen-bond acceptors (Lipinski definition) is 6. The maximum atomic E-state index is 13.6. The first-order valence-electron chi connectivity index (χ1n) is 10.8. The molecule has 4 amide bonds. The molecule has 3 rings (SSSR count). The Kier molecular flexibility index (Phi) is 7.66. The van der Waals surface area contributed by atoms with Crippen LogP contribution in [-0.2, 0) is 19.8 Å². The molecular formula is C23H29N5O6S. The molecule has 0 bridgehead atoms. The lowest BCUT2D eigenvalue weighted by Gasteiger charge is -2.26. The average molecular weight is 504 g/mol. The van der Waals surface area contributed by atoms with E-state index in [1.807, 2.05) is 39.8 Å². The van der Waals surface area contributed by atoms with Gasteiger partial charge in [0, 0.05) is 32.7 Å². The molecule has 188 valence electrons. The molecular weight excluding hydrogens is 474 g/mol. The van der Waals surface area contributed by atoms with E-state index in [1.54, 1.807) is 31.3 Å². The van der Waals surface area contributed by atoms with E-state index in [0.717, 1.165) is 5.56 Å². The minimum atomic E-state index is -4.34. The van der Waals surface area contributed by atoms with Crippen LogP contribution in [0.2, 0.25) is 0 Å². The highest BCUT2D eigenvalue weighted by Gasteiger charge is 2.63. The van der Waals surface area contributed by atoms with Crippen LogP contribution in [0.4, 0.5) is 10.5 Å². The topological polar surface area (TPSA) is 137 Å². The minimum absolute atomic E-state index is 0.288. The van der Waals surface area contributed by atoms with E-state index in [4.69, 9.17) is 4.74 Å². The summed E-state index contributed by atoms with van der Waals surface area (Å²) >= 11 is 0. The fraction of sp³-hybridized carbons (Fsp3) is 0.348. The molecule has 0 aliphatic heterocycles. The van der Waals surface area contributed by atoms with Gasteiger partial charge in [0.2, 0.25) is 5.91 Å². The summed E-state index contributed by atoms with van der Waals surface area (Å²) in [6, 6.07) is 14.9. The molecule has 0 aromatic heterocycles. The van der Waals surface area contributed by atoms with Crippen molar-refractivity contribution in [1.82, 2.24) is 19.7 Å². The van der Waals surface area contributed by atoms with E-state index in [1.165, 1.54) is 31.0 Å². The van der Waals surface area contributed by atoms with Crippen LogP contribution in [-0.4, -0.2) is 71.5 Å². The van der Waals surface area contributed by atoms with Crippen LogP contribution in [0, 0.1) is 0 Å². The third-order valence-electron chi connectivity index (χ3n) is 5.78. The van der Waals surface area contributed by atoms with Crippen LogP contribution < -0.4 is 24.4 Å². The SMILES string of the molecule is COc1ccc(N(C)C(=O)[C@@]2(NC(=O)NS(=O)(=O)NCC(=O)N(C)C)C[C@@H]2c2ccccc2)cc1. The molecule has 12 heteroatoms. The first-order valence-corrected chi connectivity index (χ1v) is 12.2. The third-order valence-corrected chi connectivity index (χ3v) is 6.76. The van der Waals surface area contributed by atoms with Crippen molar-refractivity contribution < 1.29 is 27.5 Å². The first kappa shape index (κ1) is 26.0. The fourth-order valence-corrected chi connectivity index (χ4v) is 4.38. The lowest BCUT2D eigenvalue weighted by molar-refractivity contribution is -0.127. The molecule has 1 fully saturated rings. The van der Waals surface area contributed by atoms with Crippen LogP contribution in [0.15, 0.2) is 54.6 Å². The van der Waals surface area contributed by atoms with Crippen molar-refractivity contribution in [3.05, 3.63) is 60.2 Å². The van der Waals surface area contributed by atoms with E-state index in [2.05, 4.69) is 5.32 Å². The number of carbonyl (C=O) groups is 3. The summed E-state index contributed by atoms with van der Waals surface area (Å²) in [5.41, 5.74) is 0.0594. The number of rotatable bonds is 9. The van der Waals surface area contributed by atoms with Crippen molar-refractivity contribution in [2.75, 3.05) is 39.7 Å². The Morgan fingerprint density at radius 3 is 2.23 bits per heavy atom. The van der Waals surface area contributed by atoms with Crippen LogP contribution in [0.1, 0.15) is 17.9 Å². The number of amides is 4. The van der Waals surface area contributed by atoms with Crippen molar-refractivity contribution in [2.24, 2.45) is 0 Å². The van der Waals surface area contributed by atoms with Crippen molar-refractivity contribution in [1.29, 1.82) is 0 Å². The average Bonchev–Trinajstić information content (AvgIpc) is 3.56. The zero-order valence-corrected chi connectivity index (χ0v) is 20.8. The molecule has 35 heavy (non-hydrogen) atoms. The van der Waals surface area contributed by atoms with Crippen LogP contribution in [0.5, 0.6) is 5.75 Å². The van der Waals surface area contributed by atoms with E-state index in [9.17, 15) is 22.8 Å². The molecule has 1 aliphatic rings. The van der Waals surface area contributed by atoms with Gasteiger partial charge >= 0.3 is 16.2 Å². The molecule has 2 aromatic carbocycles. The van der Waals surface area contributed by atoms with Gasteiger partial charge in [0.15, 0.2) is 0 Å². The number of ether oxygens (including phenoxy) is 1. The molecule has 2 aromatic rings. The molecule has 0 spiro atoms. The van der Waals surface area contributed by atoms with Crippen LogP contribution in [0.25, 0.3) is 0 Å². The second kappa shape index (κ2) is 10.3. The summed E-state index contributed by atoms with van der Waals surface area (Å²) < 4.78 is 33.5. The van der Waals surface area contributed by atoms with Gasteiger partial charge in [0.1, 0.15) is 11.3 Å². The lowest BCUT2D eigenvalue weighted by Crippen LogP contribution is -2.56. The number of nitrogens with one attached hydrogen (secondary N) is 3. The van der Waals surface area contributed by atoms with Gasteiger partial charge in [-0.2, -0.15) is 13.1 Å². The summed E-state index contributed by atoms with van der Waals surface area (Å²) in [5.74, 6) is -0.621. The smallest absolute Gasteiger partial charge is 0.330 e. The predicted molar refractivity (Wildman–Crippen MR) is 130 cm³/mol. The molecule has 0 unspecified atom stereocenters. The molecule has 1 aliphatic carbocycles. The van der Waals surface area contributed by atoms with Crippen LogP contribution in [0.3, 0.4) is 0 Å². The van der Waals surface area contributed by atoms with Crippen molar-refractivity contribution in [3.8, 4) is 5.75 Å². The Morgan fingerprint density at radius 2 is 1.66 bits per heavy atom. The van der Waals surface area contributed by atoms with Gasteiger partial charge in [-0.3, -0.25) is 9.59 Å². The van der Waals surface area contributed by atoms with Gasteiger partial charge in [0.05, 0.1) is 13.7 Å². The first-order chi connectivity index (χ1) is 16.5. The summed E-state index contributed by atoms with van der Waals surface area (Å²) in [6.07, 6.45) is 0.288. The molecule has 3 N–H and O–H groups in total. The zero-order valence-electron chi connectivity index (χ0n) is 19.9. The van der Waals surface area contributed by atoms with Gasteiger partial charge in [-0.25, -0.2) is 9.52 Å². The van der Waals surface area contributed by atoms with Gasteiger partial charge in [-0.1, -0.05) is 30.3 Å². The normalized spacial score (nSPS) is 18.8. The number of methoxy groups -OCH3 is 1. The Morgan fingerprint density at radius 1 is 1.03 bits per heavy atom. The molecule has 0 saturated heterocycles. The number of anilines is 1. The highest BCUT2D eigenvalue weighted by molar-refractivity contribution is 7.88. The highest BCUT2D eigenvalue weighted by atomic mass is 32.2. The fourth-order valence-electron chi connectivity index (χ4n) is 3.70. The Labute approximate surface area is 204 Å². The highest BCUT2D eigenvalue weighted by Crippen LogP contribution is 2.52. The molecule has 11 nitrogen and oxygen atoms in total. The Hall–Kier alpha value is -3.64. The van der Waals surface area contributed by atoms with E-state index < -0.39 is 40.1 Å². The van der Waals surface area contributed by atoms with E-state index in [-0.39, 0.29) is 12.3 Å². The Balaban J connectivity index is 1.79. The quantitative estimate of drug-likeness (QED) is 0.463.